The van der Waals surface area contributed by atoms with Crippen molar-refractivity contribution < 1.29 is 9.32 Å². The number of hydrogen-bond donors (Lipinski definition) is 0. The number of carbonyl (C=O) groups is 1. The Morgan fingerprint density at radius 1 is 1.35 bits per heavy atom. The molecule has 0 spiro atoms. The van der Waals surface area contributed by atoms with E-state index < -0.39 is 0 Å². The van der Waals surface area contributed by atoms with Crippen LogP contribution in [0, 0.1) is 6.92 Å². The summed E-state index contributed by atoms with van der Waals surface area (Å²) in [6.07, 6.45) is 4.87. The Hall–Kier alpha value is -2.11. The second-order valence-corrected chi connectivity index (χ2v) is 5.47. The van der Waals surface area contributed by atoms with E-state index in [1.165, 1.54) is 29.6 Å². The first-order valence-electron chi connectivity index (χ1n) is 7.02. The molecule has 4 rings (SSSR count). The van der Waals surface area contributed by atoms with Crippen LogP contribution in [0.2, 0.25) is 0 Å². The number of amides is 1. The van der Waals surface area contributed by atoms with Gasteiger partial charge in [0.2, 0.25) is 0 Å². The second kappa shape index (κ2) is 4.19. The van der Waals surface area contributed by atoms with E-state index in [4.69, 9.17) is 4.52 Å². The van der Waals surface area contributed by atoms with Crippen LogP contribution in [0.4, 0.5) is 0 Å². The van der Waals surface area contributed by atoms with Gasteiger partial charge in [-0.25, -0.2) is 0 Å². The molecule has 0 fully saturated rings. The number of nitrogens with zero attached hydrogens (tertiary/aromatic N) is 4. The van der Waals surface area contributed by atoms with Crippen molar-refractivity contribution in [3.05, 3.63) is 34.5 Å². The van der Waals surface area contributed by atoms with Gasteiger partial charge < -0.3 is 9.42 Å². The normalized spacial score (nSPS) is 17.1. The Morgan fingerprint density at radius 2 is 2.25 bits per heavy atom. The lowest BCUT2D eigenvalue weighted by molar-refractivity contribution is 0.0703. The summed E-state index contributed by atoms with van der Waals surface area (Å²) >= 11 is 0. The molecule has 0 bridgehead atoms. The molecule has 1 amide bonds. The molecule has 6 nitrogen and oxygen atoms in total. The quantitative estimate of drug-likeness (QED) is 0.785. The van der Waals surface area contributed by atoms with Crippen LogP contribution in [0.5, 0.6) is 0 Å². The van der Waals surface area contributed by atoms with Crippen molar-refractivity contribution in [3.8, 4) is 0 Å². The number of rotatable bonds is 1. The summed E-state index contributed by atoms with van der Waals surface area (Å²) in [5.74, 6) is 0.585. The zero-order valence-corrected chi connectivity index (χ0v) is 11.4. The predicted octanol–water partition coefficient (Wildman–Crippen LogP) is 1.32. The lowest BCUT2D eigenvalue weighted by atomic mass is 10.1. The highest BCUT2D eigenvalue weighted by Gasteiger charge is 2.29. The Labute approximate surface area is 116 Å². The molecule has 0 unspecified atom stereocenters. The van der Waals surface area contributed by atoms with Crippen molar-refractivity contribution >= 4 is 5.91 Å². The van der Waals surface area contributed by atoms with E-state index in [9.17, 15) is 4.79 Å². The third-order valence-corrected chi connectivity index (χ3v) is 4.28. The van der Waals surface area contributed by atoms with Gasteiger partial charge in [0.05, 0.1) is 30.7 Å². The molecule has 20 heavy (non-hydrogen) atoms. The first kappa shape index (κ1) is 11.7. The predicted molar refractivity (Wildman–Crippen MR) is 70.2 cm³/mol. The van der Waals surface area contributed by atoms with E-state index in [0.29, 0.717) is 24.4 Å². The van der Waals surface area contributed by atoms with E-state index in [2.05, 4.69) is 14.9 Å². The molecule has 6 heteroatoms. The highest BCUT2D eigenvalue weighted by molar-refractivity contribution is 5.94. The van der Waals surface area contributed by atoms with E-state index in [-0.39, 0.29) is 5.91 Å². The maximum absolute atomic E-state index is 12.5. The molecule has 0 aromatic carbocycles. The van der Waals surface area contributed by atoms with Gasteiger partial charge in [0, 0.05) is 6.54 Å². The first-order chi connectivity index (χ1) is 9.74. The van der Waals surface area contributed by atoms with Gasteiger partial charge in [-0.15, -0.1) is 0 Å². The van der Waals surface area contributed by atoms with Gasteiger partial charge in [-0.2, -0.15) is 5.10 Å². The van der Waals surface area contributed by atoms with E-state index in [1.807, 2.05) is 4.90 Å². The molecule has 2 aliphatic rings. The van der Waals surface area contributed by atoms with Crippen LogP contribution in [0.15, 0.2) is 10.7 Å². The molecule has 0 radical (unpaired) electrons. The van der Waals surface area contributed by atoms with E-state index >= 15 is 0 Å². The van der Waals surface area contributed by atoms with Gasteiger partial charge >= 0.3 is 0 Å². The molecule has 0 saturated heterocycles. The molecule has 3 heterocycles. The number of hydrogen-bond acceptors (Lipinski definition) is 4. The molecule has 104 valence electrons. The van der Waals surface area contributed by atoms with Crippen molar-refractivity contribution in [1.82, 2.24) is 19.8 Å². The first-order valence-corrected chi connectivity index (χ1v) is 7.02. The number of aromatic nitrogens is 3. The minimum atomic E-state index is 0.00273. The maximum Gasteiger partial charge on any atom is 0.259 e. The Morgan fingerprint density at radius 3 is 3.05 bits per heavy atom. The zero-order valence-electron chi connectivity index (χ0n) is 11.4. The van der Waals surface area contributed by atoms with Gasteiger partial charge in [-0.1, -0.05) is 5.16 Å². The van der Waals surface area contributed by atoms with Crippen LogP contribution >= 0.6 is 0 Å². The monoisotopic (exact) mass is 272 g/mol. The van der Waals surface area contributed by atoms with Gasteiger partial charge in [0.15, 0.2) is 0 Å². The van der Waals surface area contributed by atoms with Crippen molar-refractivity contribution in [2.45, 2.75) is 39.3 Å². The molecule has 2 aromatic heterocycles. The average molecular weight is 272 g/mol. The fraction of sp³-hybridized carbons (Fsp3) is 0.500. The molecule has 0 atom stereocenters. The van der Waals surface area contributed by atoms with Crippen LogP contribution in [-0.2, 0) is 25.9 Å². The minimum absolute atomic E-state index is 0.00273. The van der Waals surface area contributed by atoms with E-state index in [1.54, 1.807) is 6.92 Å². The molecule has 1 aliphatic carbocycles. The van der Waals surface area contributed by atoms with Gasteiger partial charge in [0.25, 0.3) is 5.91 Å². The number of fused-ring (bicyclic) bond motifs is 3. The van der Waals surface area contributed by atoms with Crippen LogP contribution in [0.25, 0.3) is 0 Å². The van der Waals surface area contributed by atoms with Crippen LogP contribution < -0.4 is 0 Å². The smallest absolute Gasteiger partial charge is 0.259 e. The fourth-order valence-corrected chi connectivity index (χ4v) is 3.20. The Bertz CT molecular complexity index is 685. The lowest BCUT2D eigenvalue weighted by Crippen LogP contribution is -2.38. The molecule has 0 saturated carbocycles. The molecule has 1 aliphatic heterocycles. The number of aryl methyl sites for hydroxylation is 2. The summed E-state index contributed by atoms with van der Waals surface area (Å²) < 4.78 is 7.07. The summed E-state index contributed by atoms with van der Waals surface area (Å²) in [6, 6.07) is 0. The summed E-state index contributed by atoms with van der Waals surface area (Å²) in [5, 5.41) is 8.34. The molecule has 0 N–H and O–H groups in total. The SMILES string of the molecule is Cc1oncc1C(=O)N1CCn2nc3c(c2C1)CCC3. The fourth-order valence-electron chi connectivity index (χ4n) is 3.20. The third-order valence-electron chi connectivity index (χ3n) is 4.28. The Kier molecular flexibility index (Phi) is 2.45. The maximum atomic E-state index is 12.5. The lowest BCUT2D eigenvalue weighted by Gasteiger charge is -2.28. The number of carbonyl (C=O) groups excluding carboxylic acids is 1. The van der Waals surface area contributed by atoms with Crippen molar-refractivity contribution in [2.24, 2.45) is 0 Å². The van der Waals surface area contributed by atoms with Crippen molar-refractivity contribution in [1.29, 1.82) is 0 Å². The highest BCUT2D eigenvalue weighted by Crippen LogP contribution is 2.28. The zero-order chi connectivity index (χ0) is 13.7. The minimum Gasteiger partial charge on any atom is -0.361 e. The second-order valence-electron chi connectivity index (χ2n) is 5.47. The largest absolute Gasteiger partial charge is 0.361 e. The van der Waals surface area contributed by atoms with Crippen molar-refractivity contribution in [3.63, 3.8) is 0 Å². The summed E-state index contributed by atoms with van der Waals surface area (Å²) in [4.78, 5) is 14.4. The summed E-state index contributed by atoms with van der Waals surface area (Å²) in [5.41, 5.74) is 4.38. The average Bonchev–Trinajstić information content (AvgIpc) is 3.12. The van der Waals surface area contributed by atoms with E-state index in [0.717, 1.165) is 19.4 Å². The Balaban J connectivity index is 1.64. The summed E-state index contributed by atoms with van der Waals surface area (Å²) in [7, 11) is 0. The molecule has 2 aromatic rings. The third kappa shape index (κ3) is 1.60. The summed E-state index contributed by atoms with van der Waals surface area (Å²) in [6.45, 7) is 3.88. The molecular formula is C14H16N4O2. The van der Waals surface area contributed by atoms with Crippen LogP contribution in [0.1, 0.15) is 39.5 Å². The van der Waals surface area contributed by atoms with Crippen LogP contribution in [0.3, 0.4) is 0 Å². The molecular weight excluding hydrogens is 256 g/mol. The van der Waals surface area contributed by atoms with Gasteiger partial charge in [-0.05, 0) is 31.7 Å². The van der Waals surface area contributed by atoms with Crippen LogP contribution in [-0.4, -0.2) is 32.3 Å². The topological polar surface area (TPSA) is 64.2 Å². The standard InChI is InChI=1S/C14H16N4O2/c1-9-11(7-15-20-9)14(19)17-5-6-18-13(8-17)10-3-2-4-12(10)16-18/h7H,2-6,8H2,1H3. The van der Waals surface area contributed by atoms with Gasteiger partial charge in [-0.3, -0.25) is 9.48 Å². The highest BCUT2D eigenvalue weighted by atomic mass is 16.5. The van der Waals surface area contributed by atoms with Crippen molar-refractivity contribution in [2.75, 3.05) is 6.54 Å². The van der Waals surface area contributed by atoms with Gasteiger partial charge in [0.1, 0.15) is 11.3 Å².